The fourth-order valence-corrected chi connectivity index (χ4v) is 4.83. The van der Waals surface area contributed by atoms with Crippen LogP contribution in [0, 0.1) is 0 Å². The van der Waals surface area contributed by atoms with Gasteiger partial charge in [0.1, 0.15) is 11.6 Å². The van der Waals surface area contributed by atoms with E-state index in [0.717, 1.165) is 63.5 Å². The van der Waals surface area contributed by atoms with Crippen LogP contribution in [0.3, 0.4) is 0 Å². The van der Waals surface area contributed by atoms with Crippen LogP contribution in [0.1, 0.15) is 31.2 Å². The minimum Gasteiger partial charge on any atom is -0.393 e. The second-order valence-electron chi connectivity index (χ2n) is 7.87. The van der Waals surface area contributed by atoms with Gasteiger partial charge >= 0.3 is 0 Å². The van der Waals surface area contributed by atoms with Gasteiger partial charge in [-0.05, 0) is 61.1 Å². The molecule has 3 aromatic heterocycles. The lowest BCUT2D eigenvalue weighted by Crippen LogP contribution is -2.28. The molecular weight excluding hydrogens is 412 g/mol. The standard InChI is InChI=1S/C22H24N6O2S/c29-12-13-7-20(25-16-2-4-17(30)5-3-16)27-21(8-13)28-22-26-18-6-1-14(9-19(18)31-22)15-10-23-24-11-15/h1,6-11,16-17,29-30H,2-5,12H2,(H,23,24)(H2,25,26,27,28)/t16-,17-. The number of aliphatic hydroxyl groups excluding tert-OH is 2. The van der Waals surface area contributed by atoms with Crippen molar-refractivity contribution in [2.45, 2.75) is 44.4 Å². The molecule has 1 aliphatic carbocycles. The van der Waals surface area contributed by atoms with Crippen LogP contribution in [0.2, 0.25) is 0 Å². The summed E-state index contributed by atoms with van der Waals surface area (Å²) in [5.74, 6) is 1.36. The van der Waals surface area contributed by atoms with Gasteiger partial charge in [-0.25, -0.2) is 9.97 Å². The first-order chi connectivity index (χ1) is 15.2. The lowest BCUT2D eigenvalue weighted by Gasteiger charge is -2.26. The maximum absolute atomic E-state index is 9.72. The summed E-state index contributed by atoms with van der Waals surface area (Å²) in [6.07, 6.45) is 6.89. The molecule has 5 rings (SSSR count). The summed E-state index contributed by atoms with van der Waals surface area (Å²) in [6.45, 7) is -0.0663. The Balaban J connectivity index is 1.36. The van der Waals surface area contributed by atoms with Gasteiger partial charge in [-0.3, -0.25) is 5.10 Å². The monoisotopic (exact) mass is 436 g/mol. The van der Waals surface area contributed by atoms with Crippen LogP contribution in [0.15, 0.2) is 42.7 Å². The molecule has 0 bridgehead atoms. The van der Waals surface area contributed by atoms with Gasteiger partial charge in [-0.1, -0.05) is 17.4 Å². The number of H-pyrrole nitrogens is 1. The molecule has 1 fully saturated rings. The molecule has 4 aromatic rings. The SMILES string of the molecule is OCc1cc(Nc2nc3ccc(-c4cn[nH]c4)cc3s2)nc(N[C@H]2CC[C@H](O)CC2)c1. The van der Waals surface area contributed by atoms with Gasteiger partial charge in [0.25, 0.3) is 0 Å². The Morgan fingerprint density at radius 3 is 2.65 bits per heavy atom. The minimum atomic E-state index is -0.194. The van der Waals surface area contributed by atoms with E-state index < -0.39 is 0 Å². The molecule has 0 radical (unpaired) electrons. The number of aliphatic hydroxyl groups is 2. The number of aromatic amines is 1. The summed E-state index contributed by atoms with van der Waals surface area (Å²) in [5.41, 5.74) is 3.81. The summed E-state index contributed by atoms with van der Waals surface area (Å²) in [6, 6.07) is 10.1. The summed E-state index contributed by atoms with van der Waals surface area (Å²) < 4.78 is 1.07. The fourth-order valence-electron chi connectivity index (χ4n) is 3.92. The van der Waals surface area contributed by atoms with Crippen molar-refractivity contribution in [1.29, 1.82) is 0 Å². The Bertz CT molecular complexity index is 1170. The highest BCUT2D eigenvalue weighted by atomic mass is 32.1. The molecule has 0 saturated heterocycles. The Morgan fingerprint density at radius 1 is 1.03 bits per heavy atom. The molecule has 3 heterocycles. The summed E-state index contributed by atoms with van der Waals surface area (Å²) in [4.78, 5) is 9.35. The van der Waals surface area contributed by atoms with Crippen LogP contribution >= 0.6 is 11.3 Å². The number of anilines is 3. The van der Waals surface area contributed by atoms with Crippen LogP contribution < -0.4 is 10.6 Å². The third-order valence-electron chi connectivity index (χ3n) is 5.57. The third-order valence-corrected chi connectivity index (χ3v) is 6.51. The molecule has 0 atom stereocenters. The van der Waals surface area contributed by atoms with Crippen LogP contribution in [0.4, 0.5) is 16.8 Å². The molecular formula is C22H24N6O2S. The Labute approximate surface area is 183 Å². The first-order valence-corrected chi connectivity index (χ1v) is 11.2. The van der Waals surface area contributed by atoms with E-state index in [1.165, 1.54) is 0 Å². The van der Waals surface area contributed by atoms with Crippen molar-refractivity contribution in [2.75, 3.05) is 10.6 Å². The fraction of sp³-hybridized carbons (Fsp3) is 0.318. The van der Waals surface area contributed by atoms with Gasteiger partial charge in [0.05, 0.1) is 29.1 Å². The predicted molar refractivity (Wildman–Crippen MR) is 123 cm³/mol. The van der Waals surface area contributed by atoms with Gasteiger partial charge in [0, 0.05) is 17.8 Å². The van der Waals surface area contributed by atoms with Gasteiger partial charge in [0.15, 0.2) is 5.13 Å². The quantitative estimate of drug-likeness (QED) is 0.310. The molecule has 1 aromatic carbocycles. The van der Waals surface area contributed by atoms with Gasteiger partial charge in [-0.2, -0.15) is 5.10 Å². The average molecular weight is 437 g/mol. The normalized spacial score (nSPS) is 18.9. The van der Waals surface area contributed by atoms with E-state index in [2.05, 4.69) is 36.9 Å². The maximum Gasteiger partial charge on any atom is 0.189 e. The predicted octanol–water partition coefficient (Wildman–Crippen LogP) is 4.03. The summed E-state index contributed by atoms with van der Waals surface area (Å²) in [7, 11) is 0. The van der Waals surface area contributed by atoms with Crippen molar-refractivity contribution in [1.82, 2.24) is 20.2 Å². The van der Waals surface area contributed by atoms with Gasteiger partial charge in [-0.15, -0.1) is 0 Å². The smallest absolute Gasteiger partial charge is 0.189 e. The van der Waals surface area contributed by atoms with E-state index in [4.69, 9.17) is 0 Å². The van der Waals surface area contributed by atoms with Gasteiger partial charge in [0.2, 0.25) is 0 Å². The van der Waals surface area contributed by atoms with Crippen molar-refractivity contribution in [3.05, 3.63) is 48.3 Å². The summed E-state index contributed by atoms with van der Waals surface area (Å²) in [5, 5.41) is 33.8. The lowest BCUT2D eigenvalue weighted by molar-refractivity contribution is 0.126. The van der Waals surface area contributed by atoms with Gasteiger partial charge < -0.3 is 20.8 Å². The number of hydrogen-bond acceptors (Lipinski definition) is 8. The molecule has 5 N–H and O–H groups in total. The number of hydrogen-bond donors (Lipinski definition) is 5. The first-order valence-electron chi connectivity index (χ1n) is 10.4. The van der Waals surface area contributed by atoms with E-state index >= 15 is 0 Å². The zero-order valence-electron chi connectivity index (χ0n) is 16.9. The lowest BCUT2D eigenvalue weighted by atomic mass is 9.93. The first kappa shape index (κ1) is 19.9. The van der Waals surface area contributed by atoms with E-state index in [1.807, 2.05) is 30.5 Å². The molecule has 160 valence electrons. The molecule has 1 aliphatic rings. The number of rotatable bonds is 6. The highest BCUT2D eigenvalue weighted by Crippen LogP contribution is 2.32. The topological polar surface area (TPSA) is 119 Å². The number of thiazole rings is 1. The second kappa shape index (κ2) is 8.62. The van der Waals surface area contributed by atoms with Crippen molar-refractivity contribution in [3.8, 4) is 11.1 Å². The third kappa shape index (κ3) is 4.53. The van der Waals surface area contributed by atoms with Crippen LogP contribution in [-0.4, -0.2) is 42.5 Å². The molecule has 31 heavy (non-hydrogen) atoms. The zero-order valence-corrected chi connectivity index (χ0v) is 17.7. The maximum atomic E-state index is 9.72. The molecule has 1 saturated carbocycles. The van der Waals surface area contributed by atoms with E-state index in [9.17, 15) is 10.2 Å². The van der Waals surface area contributed by atoms with Crippen LogP contribution in [-0.2, 0) is 6.61 Å². The number of fused-ring (bicyclic) bond motifs is 1. The summed E-state index contributed by atoms with van der Waals surface area (Å²) >= 11 is 1.56. The largest absolute Gasteiger partial charge is 0.393 e. The Kier molecular flexibility index (Phi) is 5.54. The van der Waals surface area contributed by atoms with E-state index in [1.54, 1.807) is 17.5 Å². The number of benzene rings is 1. The number of nitrogens with one attached hydrogen (secondary N) is 3. The molecule has 0 unspecified atom stereocenters. The van der Waals surface area contributed by atoms with E-state index in [-0.39, 0.29) is 18.8 Å². The van der Waals surface area contributed by atoms with Crippen molar-refractivity contribution in [2.24, 2.45) is 0 Å². The highest BCUT2D eigenvalue weighted by Gasteiger charge is 2.20. The molecule has 9 heteroatoms. The molecule has 0 spiro atoms. The highest BCUT2D eigenvalue weighted by molar-refractivity contribution is 7.22. The van der Waals surface area contributed by atoms with Crippen LogP contribution in [0.25, 0.3) is 21.3 Å². The molecule has 8 nitrogen and oxygen atoms in total. The van der Waals surface area contributed by atoms with Crippen molar-refractivity contribution >= 4 is 38.3 Å². The van der Waals surface area contributed by atoms with E-state index in [0.29, 0.717) is 5.82 Å². The van der Waals surface area contributed by atoms with Crippen molar-refractivity contribution in [3.63, 3.8) is 0 Å². The second-order valence-corrected chi connectivity index (χ2v) is 8.90. The average Bonchev–Trinajstić information content (AvgIpc) is 3.44. The number of aromatic nitrogens is 4. The number of nitrogens with zero attached hydrogens (tertiary/aromatic N) is 3. The Hall–Kier alpha value is -3.01. The molecule has 0 amide bonds. The zero-order chi connectivity index (χ0) is 21.2. The number of pyridine rings is 1. The minimum absolute atomic E-state index is 0.0663. The molecule has 0 aliphatic heterocycles. The van der Waals surface area contributed by atoms with Crippen molar-refractivity contribution < 1.29 is 10.2 Å². The Morgan fingerprint density at radius 2 is 1.87 bits per heavy atom. The van der Waals surface area contributed by atoms with Crippen LogP contribution in [0.5, 0.6) is 0 Å².